The fourth-order valence-electron chi connectivity index (χ4n) is 1.42. The van der Waals surface area contributed by atoms with Gasteiger partial charge in [-0.15, -0.1) is 0 Å². The molecule has 5 nitrogen and oxygen atoms in total. The van der Waals surface area contributed by atoms with E-state index < -0.39 is 0 Å². The summed E-state index contributed by atoms with van der Waals surface area (Å²) in [7, 11) is 0. The maximum Gasteiger partial charge on any atom is 0.155 e. The van der Waals surface area contributed by atoms with Crippen LogP contribution in [0, 0.1) is 0 Å². The Kier molecular flexibility index (Phi) is 3.26. The minimum atomic E-state index is 0.231. The van der Waals surface area contributed by atoms with Crippen molar-refractivity contribution in [3.63, 3.8) is 0 Å². The Morgan fingerprint density at radius 3 is 2.88 bits per heavy atom. The molecule has 0 aromatic carbocycles. The van der Waals surface area contributed by atoms with Crippen LogP contribution in [-0.2, 0) is 6.42 Å². The first-order valence-electron chi connectivity index (χ1n) is 5.31. The van der Waals surface area contributed by atoms with Gasteiger partial charge < -0.3 is 5.73 Å². The van der Waals surface area contributed by atoms with Gasteiger partial charge in [0.25, 0.3) is 0 Å². The van der Waals surface area contributed by atoms with Gasteiger partial charge in [-0.05, 0) is 31.4 Å². The molecule has 84 valence electrons. The van der Waals surface area contributed by atoms with Crippen molar-refractivity contribution in [1.82, 2.24) is 19.7 Å². The summed E-state index contributed by atoms with van der Waals surface area (Å²) in [5.41, 5.74) is 6.90. The Labute approximate surface area is 94.3 Å². The maximum atomic E-state index is 5.70. The molecule has 2 N–H and O–H groups in total. The van der Waals surface area contributed by atoms with Crippen LogP contribution in [0.25, 0.3) is 5.82 Å². The highest BCUT2D eigenvalue weighted by Crippen LogP contribution is 2.06. The van der Waals surface area contributed by atoms with Crippen LogP contribution in [0.3, 0.4) is 0 Å². The first-order valence-corrected chi connectivity index (χ1v) is 5.31. The largest absolute Gasteiger partial charge is 0.328 e. The Morgan fingerprint density at radius 1 is 1.44 bits per heavy atom. The standard InChI is InChI=1S/C11H15N5/c1-9(12)2-3-10-4-5-11(14-6-10)16-8-13-7-15-16/h4-9H,2-3,12H2,1H3. The molecule has 0 aliphatic heterocycles. The van der Waals surface area contributed by atoms with Crippen molar-refractivity contribution in [3.05, 3.63) is 36.5 Å². The fourth-order valence-corrected chi connectivity index (χ4v) is 1.42. The lowest BCUT2D eigenvalue weighted by Crippen LogP contribution is -2.15. The monoisotopic (exact) mass is 217 g/mol. The predicted molar refractivity (Wildman–Crippen MR) is 61.1 cm³/mol. The molecule has 5 heteroatoms. The van der Waals surface area contributed by atoms with E-state index in [4.69, 9.17) is 5.73 Å². The van der Waals surface area contributed by atoms with E-state index in [9.17, 15) is 0 Å². The van der Waals surface area contributed by atoms with Gasteiger partial charge in [-0.25, -0.2) is 14.6 Å². The van der Waals surface area contributed by atoms with Crippen LogP contribution >= 0.6 is 0 Å². The number of aryl methyl sites for hydroxylation is 1. The first-order chi connectivity index (χ1) is 7.75. The van der Waals surface area contributed by atoms with Crippen LogP contribution in [0.4, 0.5) is 0 Å². The van der Waals surface area contributed by atoms with Gasteiger partial charge in [0.15, 0.2) is 5.82 Å². The molecule has 0 aliphatic carbocycles. The van der Waals surface area contributed by atoms with E-state index in [1.54, 1.807) is 11.0 Å². The van der Waals surface area contributed by atoms with E-state index in [1.807, 2.05) is 25.3 Å². The number of hydrogen-bond donors (Lipinski definition) is 1. The molecule has 2 aromatic rings. The zero-order valence-electron chi connectivity index (χ0n) is 9.24. The van der Waals surface area contributed by atoms with Crippen molar-refractivity contribution < 1.29 is 0 Å². The van der Waals surface area contributed by atoms with Crippen molar-refractivity contribution in [1.29, 1.82) is 0 Å². The van der Waals surface area contributed by atoms with Crippen LogP contribution in [0.2, 0.25) is 0 Å². The minimum Gasteiger partial charge on any atom is -0.328 e. The highest BCUT2D eigenvalue weighted by Gasteiger charge is 2.00. The summed E-state index contributed by atoms with van der Waals surface area (Å²) >= 11 is 0. The van der Waals surface area contributed by atoms with Crippen LogP contribution in [0.1, 0.15) is 18.9 Å². The molecule has 16 heavy (non-hydrogen) atoms. The summed E-state index contributed by atoms with van der Waals surface area (Å²) in [4.78, 5) is 8.19. The molecule has 0 saturated carbocycles. The summed E-state index contributed by atoms with van der Waals surface area (Å²) in [6, 6.07) is 4.22. The number of hydrogen-bond acceptors (Lipinski definition) is 4. The van der Waals surface area contributed by atoms with Crippen LogP contribution < -0.4 is 5.73 Å². The third-order valence-corrected chi connectivity index (χ3v) is 2.35. The zero-order chi connectivity index (χ0) is 11.4. The molecule has 2 heterocycles. The van der Waals surface area contributed by atoms with E-state index >= 15 is 0 Å². The van der Waals surface area contributed by atoms with Crippen LogP contribution in [0.5, 0.6) is 0 Å². The Hall–Kier alpha value is -1.75. The van der Waals surface area contributed by atoms with E-state index in [1.165, 1.54) is 11.9 Å². The number of nitrogens with two attached hydrogens (primary N) is 1. The van der Waals surface area contributed by atoms with Crippen molar-refractivity contribution in [2.45, 2.75) is 25.8 Å². The predicted octanol–water partition coefficient (Wildman–Crippen LogP) is 0.942. The average Bonchev–Trinajstić information content (AvgIpc) is 2.80. The molecular weight excluding hydrogens is 202 g/mol. The molecule has 0 amide bonds. The first kappa shape index (κ1) is 10.8. The van der Waals surface area contributed by atoms with Gasteiger partial charge in [-0.1, -0.05) is 6.07 Å². The van der Waals surface area contributed by atoms with Crippen molar-refractivity contribution in [3.8, 4) is 5.82 Å². The molecule has 2 rings (SSSR count). The van der Waals surface area contributed by atoms with E-state index in [0.717, 1.165) is 18.7 Å². The van der Waals surface area contributed by atoms with E-state index in [0.29, 0.717) is 0 Å². The lowest BCUT2D eigenvalue weighted by atomic mass is 10.1. The van der Waals surface area contributed by atoms with Crippen molar-refractivity contribution >= 4 is 0 Å². The van der Waals surface area contributed by atoms with Gasteiger partial charge in [0.1, 0.15) is 12.7 Å². The molecular formula is C11H15N5. The number of nitrogens with zero attached hydrogens (tertiary/aromatic N) is 4. The topological polar surface area (TPSA) is 69.6 Å². The molecule has 0 saturated heterocycles. The molecule has 0 bridgehead atoms. The summed E-state index contributed by atoms with van der Waals surface area (Å²) < 4.78 is 1.63. The Balaban J connectivity index is 2.05. The third kappa shape index (κ3) is 2.64. The normalized spacial score (nSPS) is 12.6. The van der Waals surface area contributed by atoms with Gasteiger partial charge in [0, 0.05) is 12.2 Å². The molecule has 1 atom stereocenters. The van der Waals surface area contributed by atoms with Crippen molar-refractivity contribution in [2.75, 3.05) is 0 Å². The molecule has 2 aromatic heterocycles. The molecule has 0 aliphatic rings. The third-order valence-electron chi connectivity index (χ3n) is 2.35. The summed E-state index contributed by atoms with van der Waals surface area (Å²) in [6.07, 6.45) is 6.92. The molecule has 1 unspecified atom stereocenters. The second-order valence-electron chi connectivity index (χ2n) is 3.88. The summed E-state index contributed by atoms with van der Waals surface area (Å²) in [6.45, 7) is 2.01. The number of pyridine rings is 1. The summed E-state index contributed by atoms with van der Waals surface area (Å²) in [5, 5.41) is 4.01. The van der Waals surface area contributed by atoms with Gasteiger partial charge in [-0.3, -0.25) is 0 Å². The van der Waals surface area contributed by atoms with Gasteiger partial charge >= 0.3 is 0 Å². The lowest BCUT2D eigenvalue weighted by Gasteiger charge is -2.05. The molecule has 0 fully saturated rings. The van der Waals surface area contributed by atoms with E-state index in [-0.39, 0.29) is 6.04 Å². The second kappa shape index (κ2) is 4.85. The summed E-state index contributed by atoms with van der Waals surface area (Å²) in [5.74, 6) is 0.780. The SMILES string of the molecule is CC(N)CCc1ccc(-n2cncn2)nc1. The highest BCUT2D eigenvalue weighted by molar-refractivity contribution is 5.23. The average molecular weight is 217 g/mol. The smallest absolute Gasteiger partial charge is 0.155 e. The second-order valence-corrected chi connectivity index (χ2v) is 3.88. The van der Waals surface area contributed by atoms with Crippen LogP contribution in [-0.4, -0.2) is 25.8 Å². The number of aromatic nitrogens is 4. The maximum absolute atomic E-state index is 5.70. The lowest BCUT2D eigenvalue weighted by molar-refractivity contribution is 0.664. The minimum absolute atomic E-state index is 0.231. The van der Waals surface area contributed by atoms with Gasteiger partial charge in [0.05, 0.1) is 0 Å². The Morgan fingerprint density at radius 2 is 2.31 bits per heavy atom. The Bertz CT molecular complexity index is 418. The quantitative estimate of drug-likeness (QED) is 0.827. The van der Waals surface area contributed by atoms with Gasteiger partial charge in [0.2, 0.25) is 0 Å². The fraction of sp³-hybridized carbons (Fsp3) is 0.364. The van der Waals surface area contributed by atoms with Crippen molar-refractivity contribution in [2.24, 2.45) is 5.73 Å². The molecule has 0 spiro atoms. The van der Waals surface area contributed by atoms with Crippen LogP contribution in [0.15, 0.2) is 31.0 Å². The van der Waals surface area contributed by atoms with E-state index in [2.05, 4.69) is 15.1 Å². The highest BCUT2D eigenvalue weighted by atomic mass is 15.3. The zero-order valence-corrected chi connectivity index (χ0v) is 9.24. The molecule has 0 radical (unpaired) electrons. The number of rotatable bonds is 4. The van der Waals surface area contributed by atoms with Gasteiger partial charge in [-0.2, -0.15) is 5.10 Å².